The van der Waals surface area contributed by atoms with E-state index in [1.165, 1.54) is 0 Å². The average Bonchev–Trinajstić information content (AvgIpc) is 2.78. The molecule has 0 radical (unpaired) electrons. The number of halogens is 1. The molecule has 1 aliphatic rings. The Labute approximate surface area is 117 Å². The van der Waals surface area contributed by atoms with Crippen LogP contribution < -0.4 is 5.32 Å². The van der Waals surface area contributed by atoms with Crippen LogP contribution in [0.5, 0.6) is 0 Å². The maximum Gasteiger partial charge on any atom is 0.0876 e. The number of ether oxygens (including phenoxy) is 1. The summed E-state index contributed by atoms with van der Waals surface area (Å²) < 4.78 is 7.84. The van der Waals surface area contributed by atoms with Crippen molar-refractivity contribution in [3.05, 3.63) is 16.9 Å². The van der Waals surface area contributed by atoms with Gasteiger partial charge in [-0.3, -0.25) is 4.68 Å². The van der Waals surface area contributed by atoms with Crippen LogP contribution in [0.3, 0.4) is 0 Å². The fraction of sp³-hybridized carbons (Fsp3) is 0.750. The van der Waals surface area contributed by atoms with Gasteiger partial charge in [0.2, 0.25) is 0 Å². The third-order valence-corrected chi connectivity index (χ3v) is 4.38. The van der Waals surface area contributed by atoms with Crippen LogP contribution in [0.4, 0.5) is 0 Å². The smallest absolute Gasteiger partial charge is 0.0876 e. The van der Waals surface area contributed by atoms with E-state index in [1.807, 2.05) is 16.4 Å². The zero-order valence-corrected chi connectivity index (χ0v) is 12.4. The van der Waals surface area contributed by atoms with Gasteiger partial charge < -0.3 is 10.1 Å². The van der Waals surface area contributed by atoms with Crippen LogP contribution >= 0.6 is 23.4 Å². The van der Waals surface area contributed by atoms with Crippen LogP contribution in [0.1, 0.15) is 25.6 Å². The van der Waals surface area contributed by atoms with Gasteiger partial charge >= 0.3 is 0 Å². The molecule has 1 aromatic heterocycles. The Kier molecular flexibility index (Phi) is 5.36. The van der Waals surface area contributed by atoms with Crippen LogP contribution in [-0.4, -0.2) is 40.5 Å². The molecule has 1 N–H and O–H groups in total. The maximum absolute atomic E-state index is 6.29. The molecule has 1 fully saturated rings. The third kappa shape index (κ3) is 3.02. The molecule has 4 nitrogen and oxygen atoms in total. The topological polar surface area (TPSA) is 39.1 Å². The Bertz CT molecular complexity index is 379. The number of nitrogens with zero attached hydrogens (tertiary/aromatic N) is 2. The lowest BCUT2D eigenvalue weighted by Crippen LogP contribution is -2.39. The molecule has 2 heterocycles. The molecule has 0 amide bonds. The maximum atomic E-state index is 6.29. The predicted octanol–water partition coefficient (Wildman–Crippen LogP) is 2.34. The lowest BCUT2D eigenvalue weighted by molar-refractivity contribution is 0.0449. The molecule has 2 unspecified atom stereocenters. The van der Waals surface area contributed by atoms with Crippen molar-refractivity contribution in [2.45, 2.75) is 32.5 Å². The molecular weight excluding hydrogens is 270 g/mol. The molecule has 0 saturated carbocycles. The fourth-order valence-corrected chi connectivity index (χ4v) is 3.42. The average molecular weight is 290 g/mol. The van der Waals surface area contributed by atoms with Crippen LogP contribution in [0.2, 0.25) is 5.02 Å². The Morgan fingerprint density at radius 1 is 1.67 bits per heavy atom. The summed E-state index contributed by atoms with van der Waals surface area (Å²) in [4.78, 5) is 0. The summed E-state index contributed by atoms with van der Waals surface area (Å²) in [6.45, 7) is 6.70. The van der Waals surface area contributed by atoms with Crippen molar-refractivity contribution < 1.29 is 4.74 Å². The summed E-state index contributed by atoms with van der Waals surface area (Å²) >= 11 is 8.22. The molecule has 0 aromatic carbocycles. The molecular formula is C12H20ClN3OS. The van der Waals surface area contributed by atoms with Gasteiger partial charge in [-0.05, 0) is 13.5 Å². The third-order valence-electron chi connectivity index (χ3n) is 3.06. The van der Waals surface area contributed by atoms with E-state index in [0.717, 1.165) is 41.9 Å². The van der Waals surface area contributed by atoms with Gasteiger partial charge in [0.1, 0.15) is 0 Å². The highest BCUT2D eigenvalue weighted by atomic mass is 35.5. The number of aromatic nitrogens is 2. The van der Waals surface area contributed by atoms with Crippen molar-refractivity contribution >= 4 is 23.4 Å². The monoisotopic (exact) mass is 289 g/mol. The summed E-state index contributed by atoms with van der Waals surface area (Å²) in [5.41, 5.74) is 1.05. The van der Waals surface area contributed by atoms with Crippen LogP contribution in [0, 0.1) is 0 Å². The highest BCUT2D eigenvalue weighted by Crippen LogP contribution is 2.30. The molecule has 102 valence electrons. The second-order valence-electron chi connectivity index (χ2n) is 4.21. The summed E-state index contributed by atoms with van der Waals surface area (Å²) in [6, 6.07) is 0.123. The minimum atomic E-state index is 0.123. The van der Waals surface area contributed by atoms with E-state index < -0.39 is 0 Å². The van der Waals surface area contributed by atoms with Crippen molar-refractivity contribution in [1.29, 1.82) is 0 Å². The predicted molar refractivity (Wildman–Crippen MR) is 76.4 cm³/mol. The minimum absolute atomic E-state index is 0.123. The SMILES string of the molecule is CCNC(c1c(Cl)cnn1CC)C1CSCCO1. The number of thioether (sulfide) groups is 1. The van der Waals surface area contributed by atoms with Gasteiger partial charge in [-0.15, -0.1) is 0 Å². The quantitative estimate of drug-likeness (QED) is 0.903. The number of nitrogens with one attached hydrogen (secondary N) is 1. The molecule has 1 saturated heterocycles. The highest BCUT2D eigenvalue weighted by Gasteiger charge is 2.30. The number of aryl methyl sites for hydroxylation is 1. The van der Waals surface area contributed by atoms with Crippen molar-refractivity contribution in [2.24, 2.45) is 0 Å². The van der Waals surface area contributed by atoms with E-state index in [1.54, 1.807) is 6.20 Å². The molecule has 0 bridgehead atoms. The summed E-state index contributed by atoms with van der Waals surface area (Å²) in [7, 11) is 0. The van der Waals surface area contributed by atoms with E-state index in [9.17, 15) is 0 Å². The van der Waals surface area contributed by atoms with Crippen molar-refractivity contribution in [1.82, 2.24) is 15.1 Å². The first kappa shape index (κ1) is 14.2. The first-order chi connectivity index (χ1) is 8.77. The van der Waals surface area contributed by atoms with E-state index >= 15 is 0 Å². The minimum Gasteiger partial charge on any atom is -0.374 e. The second-order valence-corrected chi connectivity index (χ2v) is 5.77. The van der Waals surface area contributed by atoms with Gasteiger partial charge in [-0.1, -0.05) is 18.5 Å². The summed E-state index contributed by atoms with van der Waals surface area (Å²) in [5, 5.41) is 8.53. The van der Waals surface area contributed by atoms with Gasteiger partial charge in [-0.25, -0.2) is 0 Å². The molecule has 18 heavy (non-hydrogen) atoms. The van der Waals surface area contributed by atoms with E-state index in [-0.39, 0.29) is 12.1 Å². The van der Waals surface area contributed by atoms with E-state index in [0.29, 0.717) is 0 Å². The highest BCUT2D eigenvalue weighted by molar-refractivity contribution is 7.99. The largest absolute Gasteiger partial charge is 0.374 e. The first-order valence-electron chi connectivity index (χ1n) is 6.41. The molecule has 2 atom stereocenters. The Balaban J connectivity index is 2.24. The fourth-order valence-electron chi connectivity index (χ4n) is 2.26. The van der Waals surface area contributed by atoms with Crippen molar-refractivity contribution in [3.63, 3.8) is 0 Å². The number of hydrogen-bond donors (Lipinski definition) is 1. The zero-order chi connectivity index (χ0) is 13.0. The van der Waals surface area contributed by atoms with Gasteiger partial charge in [0.15, 0.2) is 0 Å². The molecule has 1 aliphatic heterocycles. The standard InChI is InChI=1S/C12H20ClN3OS/c1-3-14-11(10-8-18-6-5-17-10)12-9(13)7-15-16(12)4-2/h7,10-11,14H,3-6,8H2,1-2H3. The van der Waals surface area contributed by atoms with Gasteiger partial charge in [0.25, 0.3) is 0 Å². The number of likely N-dealkylation sites (N-methyl/N-ethyl adjacent to an activating group) is 1. The van der Waals surface area contributed by atoms with Crippen LogP contribution in [-0.2, 0) is 11.3 Å². The zero-order valence-electron chi connectivity index (χ0n) is 10.9. The Morgan fingerprint density at radius 2 is 2.50 bits per heavy atom. The molecule has 0 aliphatic carbocycles. The summed E-state index contributed by atoms with van der Waals surface area (Å²) in [5.74, 6) is 2.08. The normalized spacial score (nSPS) is 22.1. The molecule has 6 heteroatoms. The van der Waals surface area contributed by atoms with Gasteiger partial charge in [0, 0.05) is 18.1 Å². The number of rotatable bonds is 5. The van der Waals surface area contributed by atoms with E-state index in [4.69, 9.17) is 16.3 Å². The molecule has 2 rings (SSSR count). The van der Waals surface area contributed by atoms with Crippen LogP contribution in [0.15, 0.2) is 6.20 Å². The van der Waals surface area contributed by atoms with Crippen molar-refractivity contribution in [2.75, 3.05) is 24.7 Å². The molecule has 1 aromatic rings. The van der Waals surface area contributed by atoms with Gasteiger partial charge in [-0.2, -0.15) is 16.9 Å². The molecule has 0 spiro atoms. The first-order valence-corrected chi connectivity index (χ1v) is 7.95. The number of hydrogen-bond acceptors (Lipinski definition) is 4. The van der Waals surface area contributed by atoms with E-state index in [2.05, 4.69) is 24.3 Å². The second kappa shape index (κ2) is 6.80. The lowest BCUT2D eigenvalue weighted by atomic mass is 10.1. The Hall–Kier alpha value is -0.230. The lowest BCUT2D eigenvalue weighted by Gasteiger charge is -2.31. The van der Waals surface area contributed by atoms with Gasteiger partial charge in [0.05, 0.1) is 35.7 Å². The van der Waals surface area contributed by atoms with Crippen LogP contribution in [0.25, 0.3) is 0 Å². The van der Waals surface area contributed by atoms with Crippen molar-refractivity contribution in [3.8, 4) is 0 Å². The Morgan fingerprint density at radius 3 is 3.11 bits per heavy atom. The summed E-state index contributed by atoms with van der Waals surface area (Å²) in [6.07, 6.45) is 1.89.